The van der Waals surface area contributed by atoms with Crippen molar-refractivity contribution in [2.24, 2.45) is 5.41 Å². The summed E-state index contributed by atoms with van der Waals surface area (Å²) in [6, 6.07) is 10.1. The molecule has 2 aliphatic rings. The van der Waals surface area contributed by atoms with Crippen molar-refractivity contribution in [1.82, 2.24) is 4.90 Å². The zero-order valence-electron chi connectivity index (χ0n) is 17.8. The number of hydrogen-bond donors (Lipinski definition) is 0. The predicted molar refractivity (Wildman–Crippen MR) is 109 cm³/mol. The minimum absolute atomic E-state index is 0.0720. The predicted octanol–water partition coefficient (Wildman–Crippen LogP) is 2.98. The van der Waals surface area contributed by atoms with Gasteiger partial charge in [0.1, 0.15) is 6.10 Å². The molecule has 0 aliphatic carbocycles. The van der Waals surface area contributed by atoms with E-state index in [0.29, 0.717) is 25.9 Å². The highest BCUT2D eigenvalue weighted by Gasteiger charge is 2.52. The van der Waals surface area contributed by atoms with Gasteiger partial charge in [0, 0.05) is 33.6 Å². The number of ether oxygens (including phenoxy) is 3. The van der Waals surface area contributed by atoms with Crippen molar-refractivity contribution in [2.75, 3.05) is 27.4 Å². The van der Waals surface area contributed by atoms with E-state index >= 15 is 0 Å². The lowest BCUT2D eigenvalue weighted by Crippen LogP contribution is -2.53. The standard InChI is InChI=1S/C23H33NO5/c1-4-23(22(26)24-12-8-11-18(24)16-27-2)15-19(13-17-9-6-5-7-10-17)29-21(25)14-20(23)28-3/h5-7,9-10,18-20H,4,8,11-16H2,1-3H3/t18-,19-,20-,23+/m0/s1. The molecule has 2 heterocycles. The fourth-order valence-corrected chi connectivity index (χ4v) is 4.96. The van der Waals surface area contributed by atoms with Crippen molar-refractivity contribution >= 4 is 11.9 Å². The summed E-state index contributed by atoms with van der Waals surface area (Å²) in [5, 5.41) is 0. The Balaban J connectivity index is 1.90. The number of likely N-dealkylation sites (tertiary alicyclic amines) is 1. The molecule has 2 saturated heterocycles. The number of hydrogen-bond acceptors (Lipinski definition) is 5. The second-order valence-corrected chi connectivity index (χ2v) is 8.19. The van der Waals surface area contributed by atoms with Gasteiger partial charge >= 0.3 is 5.97 Å². The Kier molecular flexibility index (Phi) is 7.30. The average Bonchev–Trinajstić information content (AvgIpc) is 3.13. The van der Waals surface area contributed by atoms with Crippen LogP contribution in [-0.2, 0) is 30.2 Å². The molecule has 0 spiro atoms. The Labute approximate surface area is 173 Å². The molecule has 2 fully saturated rings. The normalized spacial score (nSPS) is 30.1. The second kappa shape index (κ2) is 9.72. The van der Waals surface area contributed by atoms with E-state index in [-0.39, 0.29) is 30.4 Å². The molecule has 0 N–H and O–H groups in total. The third kappa shape index (κ3) is 4.64. The van der Waals surface area contributed by atoms with E-state index < -0.39 is 11.5 Å². The highest BCUT2D eigenvalue weighted by Crippen LogP contribution is 2.42. The van der Waals surface area contributed by atoms with Crippen LogP contribution in [0.3, 0.4) is 0 Å². The first kappa shape index (κ1) is 21.8. The van der Waals surface area contributed by atoms with Gasteiger partial charge < -0.3 is 19.1 Å². The van der Waals surface area contributed by atoms with Crippen molar-refractivity contribution < 1.29 is 23.8 Å². The molecule has 1 aromatic carbocycles. The van der Waals surface area contributed by atoms with Gasteiger partial charge in [0.05, 0.1) is 30.6 Å². The van der Waals surface area contributed by atoms with Crippen LogP contribution < -0.4 is 0 Å². The second-order valence-electron chi connectivity index (χ2n) is 8.19. The molecule has 1 aromatic rings. The molecule has 29 heavy (non-hydrogen) atoms. The summed E-state index contributed by atoms with van der Waals surface area (Å²) in [6.45, 7) is 3.27. The molecular weight excluding hydrogens is 370 g/mol. The molecule has 3 rings (SSSR count). The molecule has 0 saturated carbocycles. The maximum atomic E-state index is 13.9. The number of rotatable bonds is 7. The van der Waals surface area contributed by atoms with E-state index in [1.165, 1.54) is 0 Å². The Bertz CT molecular complexity index is 694. The first-order valence-corrected chi connectivity index (χ1v) is 10.6. The Morgan fingerprint density at radius 1 is 1.28 bits per heavy atom. The SMILES string of the molecule is CC[C@@]1(C(=O)N2CCC[C@H]2COC)C[C@H](Cc2ccccc2)OC(=O)C[C@@H]1OC. The van der Waals surface area contributed by atoms with Crippen LogP contribution in [0.4, 0.5) is 0 Å². The van der Waals surface area contributed by atoms with Gasteiger partial charge in [0.15, 0.2) is 0 Å². The van der Waals surface area contributed by atoms with E-state index in [0.717, 1.165) is 24.9 Å². The minimum Gasteiger partial charge on any atom is -0.462 e. The number of nitrogens with zero attached hydrogens (tertiary/aromatic N) is 1. The van der Waals surface area contributed by atoms with Crippen LogP contribution in [0.15, 0.2) is 30.3 Å². The minimum atomic E-state index is -0.781. The van der Waals surface area contributed by atoms with Gasteiger partial charge in [0.25, 0.3) is 0 Å². The molecule has 6 heteroatoms. The van der Waals surface area contributed by atoms with Crippen molar-refractivity contribution in [3.63, 3.8) is 0 Å². The first-order chi connectivity index (χ1) is 14.0. The van der Waals surface area contributed by atoms with Crippen LogP contribution in [0.1, 0.15) is 44.6 Å². The van der Waals surface area contributed by atoms with Gasteiger partial charge in [-0.15, -0.1) is 0 Å². The van der Waals surface area contributed by atoms with Gasteiger partial charge in [-0.05, 0) is 24.8 Å². The maximum absolute atomic E-state index is 13.9. The highest BCUT2D eigenvalue weighted by atomic mass is 16.5. The van der Waals surface area contributed by atoms with Crippen molar-refractivity contribution in [3.05, 3.63) is 35.9 Å². The number of amides is 1. The van der Waals surface area contributed by atoms with Crippen LogP contribution in [0, 0.1) is 5.41 Å². The summed E-state index contributed by atoms with van der Waals surface area (Å²) in [5.41, 5.74) is 0.313. The fraction of sp³-hybridized carbons (Fsp3) is 0.652. The lowest BCUT2D eigenvalue weighted by molar-refractivity contribution is -0.155. The van der Waals surface area contributed by atoms with Crippen molar-refractivity contribution in [3.8, 4) is 0 Å². The zero-order valence-corrected chi connectivity index (χ0v) is 17.8. The molecule has 6 nitrogen and oxygen atoms in total. The molecule has 2 aliphatic heterocycles. The van der Waals surface area contributed by atoms with E-state index in [1.807, 2.05) is 42.2 Å². The summed E-state index contributed by atoms with van der Waals surface area (Å²) in [4.78, 5) is 28.4. The van der Waals surface area contributed by atoms with Gasteiger partial charge in [-0.25, -0.2) is 0 Å². The molecule has 0 bridgehead atoms. The fourth-order valence-electron chi connectivity index (χ4n) is 4.96. The summed E-state index contributed by atoms with van der Waals surface area (Å²) in [6.07, 6.45) is 2.85. The number of esters is 1. The van der Waals surface area contributed by atoms with Gasteiger partial charge in [-0.3, -0.25) is 9.59 Å². The third-order valence-corrected chi connectivity index (χ3v) is 6.50. The van der Waals surface area contributed by atoms with Crippen molar-refractivity contribution in [1.29, 1.82) is 0 Å². The van der Waals surface area contributed by atoms with E-state index in [9.17, 15) is 9.59 Å². The Morgan fingerprint density at radius 2 is 2.03 bits per heavy atom. The quantitative estimate of drug-likeness (QED) is 0.655. The lowest BCUT2D eigenvalue weighted by Gasteiger charge is -2.41. The summed E-state index contributed by atoms with van der Waals surface area (Å²) in [5.74, 6) is -0.224. The van der Waals surface area contributed by atoms with Crippen LogP contribution in [0.25, 0.3) is 0 Å². The molecule has 160 valence electrons. The van der Waals surface area contributed by atoms with E-state index in [2.05, 4.69) is 0 Å². The topological polar surface area (TPSA) is 65.1 Å². The first-order valence-electron chi connectivity index (χ1n) is 10.6. The average molecular weight is 404 g/mol. The van der Waals surface area contributed by atoms with Crippen LogP contribution in [0.2, 0.25) is 0 Å². The zero-order chi connectivity index (χ0) is 20.9. The molecular formula is C23H33NO5. The van der Waals surface area contributed by atoms with Gasteiger partial charge in [-0.2, -0.15) is 0 Å². The molecule has 0 unspecified atom stereocenters. The number of benzene rings is 1. The Hall–Kier alpha value is -1.92. The number of carbonyl (C=O) groups is 2. The molecule has 1 amide bonds. The largest absolute Gasteiger partial charge is 0.462 e. The maximum Gasteiger partial charge on any atom is 0.308 e. The molecule has 4 atom stereocenters. The monoisotopic (exact) mass is 403 g/mol. The summed E-state index contributed by atoms with van der Waals surface area (Å²) in [7, 11) is 3.26. The summed E-state index contributed by atoms with van der Waals surface area (Å²) < 4.78 is 16.9. The smallest absolute Gasteiger partial charge is 0.308 e. The number of methoxy groups -OCH3 is 2. The van der Waals surface area contributed by atoms with Gasteiger partial charge in [-0.1, -0.05) is 37.3 Å². The van der Waals surface area contributed by atoms with E-state index in [1.54, 1.807) is 14.2 Å². The van der Waals surface area contributed by atoms with Crippen LogP contribution >= 0.6 is 0 Å². The van der Waals surface area contributed by atoms with E-state index in [4.69, 9.17) is 14.2 Å². The number of cyclic esters (lactones) is 1. The highest BCUT2D eigenvalue weighted by molar-refractivity contribution is 5.85. The van der Waals surface area contributed by atoms with Gasteiger partial charge in [0.2, 0.25) is 5.91 Å². The Morgan fingerprint density at radius 3 is 2.69 bits per heavy atom. The van der Waals surface area contributed by atoms with Crippen LogP contribution in [0.5, 0.6) is 0 Å². The summed E-state index contributed by atoms with van der Waals surface area (Å²) >= 11 is 0. The number of carbonyl (C=O) groups excluding carboxylic acids is 2. The van der Waals surface area contributed by atoms with Crippen LogP contribution in [-0.4, -0.2) is 62.4 Å². The third-order valence-electron chi connectivity index (χ3n) is 6.50. The molecule has 0 aromatic heterocycles. The lowest BCUT2D eigenvalue weighted by atomic mass is 9.72. The molecule has 0 radical (unpaired) electrons. The van der Waals surface area contributed by atoms with Crippen molar-refractivity contribution in [2.45, 2.75) is 63.7 Å².